The SMILES string of the molecule is COCC(Br)CCNS(=O)(=O)C1CCCCC1. The van der Waals surface area contributed by atoms with Gasteiger partial charge >= 0.3 is 0 Å². The molecule has 0 radical (unpaired) electrons. The third-order valence-corrected chi connectivity index (χ3v) is 5.78. The van der Waals surface area contributed by atoms with E-state index >= 15 is 0 Å². The fraction of sp³-hybridized carbons (Fsp3) is 1.00. The highest BCUT2D eigenvalue weighted by Crippen LogP contribution is 2.23. The molecule has 1 aliphatic rings. The molecule has 0 saturated heterocycles. The lowest BCUT2D eigenvalue weighted by Gasteiger charge is -2.22. The van der Waals surface area contributed by atoms with Gasteiger partial charge in [0.1, 0.15) is 0 Å². The van der Waals surface area contributed by atoms with Gasteiger partial charge in [0.05, 0.1) is 11.9 Å². The molecule has 0 bridgehead atoms. The van der Waals surface area contributed by atoms with Crippen LogP contribution in [0.5, 0.6) is 0 Å². The van der Waals surface area contributed by atoms with Crippen molar-refractivity contribution in [3.8, 4) is 0 Å². The van der Waals surface area contributed by atoms with Gasteiger partial charge in [0.2, 0.25) is 10.0 Å². The van der Waals surface area contributed by atoms with Crippen LogP contribution < -0.4 is 4.72 Å². The number of alkyl halides is 1. The van der Waals surface area contributed by atoms with Crippen LogP contribution in [0.25, 0.3) is 0 Å². The number of ether oxygens (including phenoxy) is 1. The van der Waals surface area contributed by atoms with Gasteiger partial charge in [-0.1, -0.05) is 35.2 Å². The highest BCUT2D eigenvalue weighted by Gasteiger charge is 2.26. The summed E-state index contributed by atoms with van der Waals surface area (Å²) >= 11 is 3.44. The van der Waals surface area contributed by atoms with Crippen LogP contribution in [0.3, 0.4) is 0 Å². The van der Waals surface area contributed by atoms with Gasteiger partial charge < -0.3 is 4.74 Å². The average molecular weight is 328 g/mol. The van der Waals surface area contributed by atoms with Crippen LogP contribution in [0.15, 0.2) is 0 Å². The smallest absolute Gasteiger partial charge is 0.214 e. The predicted octanol–water partition coefficient (Wildman–Crippen LogP) is 2.04. The first kappa shape index (κ1) is 15.4. The molecule has 1 N–H and O–H groups in total. The van der Waals surface area contributed by atoms with E-state index in [0.717, 1.165) is 32.1 Å². The Labute approximate surface area is 113 Å². The van der Waals surface area contributed by atoms with E-state index in [2.05, 4.69) is 20.7 Å². The van der Waals surface area contributed by atoms with Gasteiger partial charge in [-0.25, -0.2) is 13.1 Å². The van der Waals surface area contributed by atoms with Gasteiger partial charge in [-0.3, -0.25) is 0 Å². The zero-order valence-electron chi connectivity index (χ0n) is 10.3. The Hall–Kier alpha value is 0.350. The van der Waals surface area contributed by atoms with Crippen LogP contribution in [0.4, 0.5) is 0 Å². The van der Waals surface area contributed by atoms with Crippen LogP contribution >= 0.6 is 15.9 Å². The summed E-state index contributed by atoms with van der Waals surface area (Å²) in [5, 5.41) is -0.174. The van der Waals surface area contributed by atoms with Gasteiger partial charge in [0.15, 0.2) is 0 Å². The molecule has 0 aromatic rings. The van der Waals surface area contributed by atoms with Crippen LogP contribution in [-0.2, 0) is 14.8 Å². The molecular weight excluding hydrogens is 306 g/mol. The van der Waals surface area contributed by atoms with E-state index in [-0.39, 0.29) is 10.1 Å². The maximum absolute atomic E-state index is 12.0. The number of sulfonamides is 1. The second-order valence-electron chi connectivity index (χ2n) is 4.54. The fourth-order valence-electron chi connectivity index (χ4n) is 2.12. The summed E-state index contributed by atoms with van der Waals surface area (Å²) in [4.78, 5) is 0.210. The van der Waals surface area contributed by atoms with Gasteiger partial charge in [0, 0.05) is 18.5 Å². The van der Waals surface area contributed by atoms with Crippen molar-refractivity contribution in [2.75, 3.05) is 20.3 Å². The zero-order valence-corrected chi connectivity index (χ0v) is 12.7. The lowest BCUT2D eigenvalue weighted by atomic mass is 10.0. The lowest BCUT2D eigenvalue weighted by molar-refractivity contribution is 0.199. The van der Waals surface area contributed by atoms with Crippen LogP contribution in [0.2, 0.25) is 0 Å². The van der Waals surface area contributed by atoms with Gasteiger partial charge in [-0.2, -0.15) is 0 Å². The van der Waals surface area contributed by atoms with Crippen molar-refractivity contribution in [3.63, 3.8) is 0 Å². The summed E-state index contributed by atoms with van der Waals surface area (Å²) in [5.41, 5.74) is 0. The second kappa shape index (κ2) is 7.71. The van der Waals surface area contributed by atoms with Crippen molar-refractivity contribution < 1.29 is 13.2 Å². The molecule has 4 nitrogen and oxygen atoms in total. The summed E-state index contributed by atoms with van der Waals surface area (Å²) in [6.07, 6.45) is 5.62. The van der Waals surface area contributed by atoms with E-state index in [1.807, 2.05) is 0 Å². The molecule has 0 aliphatic heterocycles. The molecule has 6 heteroatoms. The van der Waals surface area contributed by atoms with Gasteiger partial charge in [-0.05, 0) is 19.3 Å². The summed E-state index contributed by atoms with van der Waals surface area (Å²) in [7, 11) is -1.47. The maximum Gasteiger partial charge on any atom is 0.214 e. The standard InChI is InChI=1S/C11H22BrNO3S/c1-16-9-10(12)7-8-13-17(14,15)11-5-3-2-4-6-11/h10-11,13H,2-9H2,1H3. The minimum Gasteiger partial charge on any atom is -0.384 e. The molecule has 1 saturated carbocycles. The molecule has 0 aromatic heterocycles. The average Bonchev–Trinajstić information content (AvgIpc) is 2.30. The minimum atomic E-state index is -3.11. The van der Waals surface area contributed by atoms with Crippen molar-refractivity contribution in [2.45, 2.75) is 48.6 Å². The number of rotatable bonds is 7. The Morgan fingerprint density at radius 3 is 2.59 bits per heavy atom. The van der Waals surface area contributed by atoms with Crippen molar-refractivity contribution in [3.05, 3.63) is 0 Å². The Morgan fingerprint density at radius 1 is 1.35 bits per heavy atom. The number of nitrogens with one attached hydrogen (secondary N) is 1. The largest absolute Gasteiger partial charge is 0.384 e. The van der Waals surface area contributed by atoms with Crippen molar-refractivity contribution >= 4 is 26.0 Å². The van der Waals surface area contributed by atoms with E-state index in [4.69, 9.17) is 4.74 Å². The molecule has 1 unspecified atom stereocenters. The number of halogens is 1. The fourth-order valence-corrected chi connectivity index (χ4v) is 4.20. The molecule has 0 spiro atoms. The number of hydrogen-bond donors (Lipinski definition) is 1. The van der Waals surface area contributed by atoms with Gasteiger partial charge in [0.25, 0.3) is 0 Å². The molecule has 1 atom stereocenters. The van der Waals surface area contributed by atoms with E-state index in [1.54, 1.807) is 7.11 Å². The Bertz CT molecular complexity index is 302. The molecular formula is C11H22BrNO3S. The van der Waals surface area contributed by atoms with E-state index in [1.165, 1.54) is 6.42 Å². The molecule has 1 fully saturated rings. The zero-order chi connectivity index (χ0) is 12.7. The normalized spacial score (nSPS) is 20.4. The van der Waals surface area contributed by atoms with E-state index < -0.39 is 10.0 Å². The first-order chi connectivity index (χ1) is 8.06. The Balaban J connectivity index is 2.29. The topological polar surface area (TPSA) is 55.4 Å². The van der Waals surface area contributed by atoms with E-state index in [0.29, 0.717) is 13.2 Å². The molecule has 102 valence electrons. The van der Waals surface area contributed by atoms with Gasteiger partial charge in [-0.15, -0.1) is 0 Å². The summed E-state index contributed by atoms with van der Waals surface area (Å²) in [6, 6.07) is 0. The highest BCUT2D eigenvalue weighted by molar-refractivity contribution is 9.09. The summed E-state index contributed by atoms with van der Waals surface area (Å²) < 4.78 is 31.6. The van der Waals surface area contributed by atoms with Crippen LogP contribution in [0.1, 0.15) is 38.5 Å². The van der Waals surface area contributed by atoms with Crippen molar-refractivity contribution in [2.24, 2.45) is 0 Å². The van der Waals surface area contributed by atoms with E-state index in [9.17, 15) is 8.42 Å². The summed E-state index contributed by atoms with van der Waals surface area (Å²) in [5.74, 6) is 0. The molecule has 0 amide bonds. The Morgan fingerprint density at radius 2 is 2.00 bits per heavy atom. The first-order valence-electron chi connectivity index (χ1n) is 6.17. The first-order valence-corrected chi connectivity index (χ1v) is 8.64. The minimum absolute atomic E-state index is 0.174. The summed E-state index contributed by atoms with van der Waals surface area (Å²) in [6.45, 7) is 1.09. The number of methoxy groups -OCH3 is 1. The van der Waals surface area contributed by atoms with Crippen molar-refractivity contribution in [1.29, 1.82) is 0 Å². The maximum atomic E-state index is 12.0. The van der Waals surface area contributed by atoms with Crippen LogP contribution in [-0.4, -0.2) is 38.8 Å². The Kier molecular flexibility index (Phi) is 6.99. The van der Waals surface area contributed by atoms with Crippen molar-refractivity contribution in [1.82, 2.24) is 4.72 Å². The molecule has 0 heterocycles. The quantitative estimate of drug-likeness (QED) is 0.728. The monoisotopic (exact) mass is 327 g/mol. The highest BCUT2D eigenvalue weighted by atomic mass is 79.9. The lowest BCUT2D eigenvalue weighted by Crippen LogP contribution is -2.36. The molecule has 17 heavy (non-hydrogen) atoms. The molecule has 1 aliphatic carbocycles. The molecule has 1 rings (SSSR count). The third kappa shape index (κ3) is 5.68. The second-order valence-corrected chi connectivity index (χ2v) is 7.88. The number of hydrogen-bond acceptors (Lipinski definition) is 3. The predicted molar refractivity (Wildman–Crippen MR) is 73.0 cm³/mol. The third-order valence-electron chi connectivity index (χ3n) is 3.10. The molecule has 0 aromatic carbocycles. The van der Waals surface area contributed by atoms with Crippen LogP contribution in [0, 0.1) is 0 Å².